The summed E-state index contributed by atoms with van der Waals surface area (Å²) < 4.78 is 0. The molecule has 14 heavy (non-hydrogen) atoms. The van der Waals surface area contributed by atoms with Gasteiger partial charge >= 0.3 is 0 Å². The molecule has 0 radical (unpaired) electrons. The van der Waals surface area contributed by atoms with Crippen LogP contribution >= 0.6 is 0 Å². The number of rotatable bonds is 1. The average Bonchev–Trinajstić information content (AvgIpc) is 2.23. The van der Waals surface area contributed by atoms with Crippen molar-refractivity contribution >= 4 is 11.6 Å². The second kappa shape index (κ2) is 3.58. The van der Waals surface area contributed by atoms with Crippen LogP contribution in [0.4, 0.5) is 0 Å². The van der Waals surface area contributed by atoms with Crippen LogP contribution in [0.25, 0.3) is 0 Å². The Hall–Kier alpha value is -1.70. The Kier molecular flexibility index (Phi) is 2.27. The van der Waals surface area contributed by atoms with Crippen molar-refractivity contribution in [2.45, 2.75) is 12.8 Å². The molecule has 0 aromatic carbocycles. The molecule has 0 fully saturated rings. The second-order valence-electron chi connectivity index (χ2n) is 3.32. The van der Waals surface area contributed by atoms with Gasteiger partial charge in [-0.1, -0.05) is 18.2 Å². The molecule has 0 saturated heterocycles. The monoisotopic (exact) mass is 186 g/mol. The van der Waals surface area contributed by atoms with E-state index in [9.17, 15) is 9.59 Å². The van der Waals surface area contributed by atoms with Crippen LogP contribution in [0.1, 0.15) is 12.8 Å². The quantitative estimate of drug-likeness (QED) is 0.586. The number of carbonyl (C=O) groups is 2. The predicted molar refractivity (Wildman–Crippen MR) is 53.7 cm³/mol. The van der Waals surface area contributed by atoms with Crippen molar-refractivity contribution in [2.75, 3.05) is 0 Å². The molecule has 0 saturated carbocycles. The third-order valence-corrected chi connectivity index (χ3v) is 2.31. The Bertz CT molecular complexity index is 406. The molecular weight excluding hydrogens is 176 g/mol. The topological polar surface area (TPSA) is 34.1 Å². The highest BCUT2D eigenvalue weighted by Gasteiger charge is 2.17. The van der Waals surface area contributed by atoms with E-state index in [1.165, 1.54) is 18.2 Å². The number of hydrogen-bond donors (Lipinski definition) is 0. The van der Waals surface area contributed by atoms with Crippen molar-refractivity contribution < 1.29 is 9.59 Å². The van der Waals surface area contributed by atoms with Gasteiger partial charge in [0, 0.05) is 5.57 Å². The predicted octanol–water partition coefficient (Wildman–Crippen LogP) is 1.90. The highest BCUT2D eigenvalue weighted by molar-refractivity contribution is 6.19. The minimum absolute atomic E-state index is 0.0637. The van der Waals surface area contributed by atoms with Gasteiger partial charge in [-0.2, -0.15) is 0 Å². The normalized spacial score (nSPS) is 20.9. The van der Waals surface area contributed by atoms with E-state index in [1.54, 1.807) is 0 Å². The molecule has 2 nitrogen and oxygen atoms in total. The summed E-state index contributed by atoms with van der Waals surface area (Å²) >= 11 is 0. The van der Waals surface area contributed by atoms with Crippen LogP contribution in [0.5, 0.6) is 0 Å². The van der Waals surface area contributed by atoms with Gasteiger partial charge in [-0.15, -0.1) is 0 Å². The van der Waals surface area contributed by atoms with E-state index in [2.05, 4.69) is 6.08 Å². The van der Waals surface area contributed by atoms with Gasteiger partial charge in [-0.25, -0.2) is 0 Å². The molecule has 2 heteroatoms. The lowest BCUT2D eigenvalue weighted by atomic mass is 9.91. The van der Waals surface area contributed by atoms with Crippen molar-refractivity contribution in [1.29, 1.82) is 0 Å². The molecule has 0 aromatic heterocycles. The van der Waals surface area contributed by atoms with Crippen molar-refractivity contribution in [2.24, 2.45) is 0 Å². The Balaban J connectivity index is 2.33. The smallest absolute Gasteiger partial charge is 0.186 e. The van der Waals surface area contributed by atoms with Crippen molar-refractivity contribution in [1.82, 2.24) is 0 Å². The number of carbonyl (C=O) groups excluding carboxylic acids is 2. The lowest BCUT2D eigenvalue weighted by molar-refractivity contribution is -0.114. The van der Waals surface area contributed by atoms with E-state index < -0.39 is 0 Å². The van der Waals surface area contributed by atoms with Crippen molar-refractivity contribution in [3.05, 3.63) is 47.6 Å². The van der Waals surface area contributed by atoms with Gasteiger partial charge in [0.1, 0.15) is 0 Å². The molecule has 70 valence electrons. The zero-order chi connectivity index (χ0) is 9.97. The summed E-state index contributed by atoms with van der Waals surface area (Å²) in [6.07, 6.45) is 11.7. The van der Waals surface area contributed by atoms with Crippen molar-refractivity contribution in [3.63, 3.8) is 0 Å². The van der Waals surface area contributed by atoms with E-state index >= 15 is 0 Å². The molecule has 0 amide bonds. The fourth-order valence-electron chi connectivity index (χ4n) is 1.59. The van der Waals surface area contributed by atoms with Gasteiger partial charge in [0.15, 0.2) is 11.6 Å². The number of hydrogen-bond acceptors (Lipinski definition) is 2. The molecule has 0 unspecified atom stereocenters. The third-order valence-electron chi connectivity index (χ3n) is 2.31. The zero-order valence-corrected chi connectivity index (χ0v) is 7.69. The maximum Gasteiger partial charge on any atom is 0.186 e. The first kappa shape index (κ1) is 8.88. The number of ketones is 2. The molecule has 0 atom stereocenters. The summed E-state index contributed by atoms with van der Waals surface area (Å²) in [5.74, 6) is -0.166. The van der Waals surface area contributed by atoms with Gasteiger partial charge in [0.05, 0.1) is 0 Å². The highest BCUT2D eigenvalue weighted by atomic mass is 16.1. The minimum atomic E-state index is -0.102. The van der Waals surface area contributed by atoms with Gasteiger partial charge in [-0.05, 0) is 36.6 Å². The Morgan fingerprint density at radius 2 is 2.00 bits per heavy atom. The summed E-state index contributed by atoms with van der Waals surface area (Å²) in [6, 6.07) is 0. The molecule has 2 aliphatic carbocycles. The third kappa shape index (κ3) is 1.64. The lowest BCUT2D eigenvalue weighted by Gasteiger charge is -2.12. The largest absolute Gasteiger partial charge is 0.290 e. The SMILES string of the molecule is O=C1C=CC(=O)C(C2=CC=CCC2)=C1. The Morgan fingerprint density at radius 3 is 2.71 bits per heavy atom. The molecule has 0 aromatic rings. The molecule has 2 aliphatic rings. The van der Waals surface area contributed by atoms with Crippen LogP contribution < -0.4 is 0 Å². The molecule has 0 heterocycles. The molecule has 0 bridgehead atoms. The van der Waals surface area contributed by atoms with Crippen LogP contribution in [-0.4, -0.2) is 11.6 Å². The first-order chi connectivity index (χ1) is 6.77. The fourth-order valence-corrected chi connectivity index (χ4v) is 1.59. The molecular formula is C12H10O2. The standard InChI is InChI=1S/C12H10O2/c13-10-6-7-12(14)11(8-10)9-4-2-1-3-5-9/h1-2,4,6-8H,3,5H2. The van der Waals surface area contributed by atoms with E-state index in [1.807, 2.05) is 12.2 Å². The molecule has 0 N–H and O–H groups in total. The summed E-state index contributed by atoms with van der Waals surface area (Å²) in [5, 5.41) is 0. The summed E-state index contributed by atoms with van der Waals surface area (Å²) in [6.45, 7) is 0. The molecule has 0 aliphatic heterocycles. The van der Waals surface area contributed by atoms with E-state index in [0.29, 0.717) is 5.57 Å². The number of allylic oxidation sites excluding steroid dienone is 8. The van der Waals surface area contributed by atoms with Gasteiger partial charge < -0.3 is 0 Å². The highest BCUT2D eigenvalue weighted by Crippen LogP contribution is 2.22. The van der Waals surface area contributed by atoms with Crippen LogP contribution in [0, 0.1) is 0 Å². The summed E-state index contributed by atoms with van der Waals surface area (Å²) in [7, 11) is 0. The second-order valence-corrected chi connectivity index (χ2v) is 3.32. The van der Waals surface area contributed by atoms with Crippen LogP contribution in [0.2, 0.25) is 0 Å². The first-order valence-electron chi connectivity index (χ1n) is 4.61. The Morgan fingerprint density at radius 1 is 1.14 bits per heavy atom. The summed E-state index contributed by atoms with van der Waals surface area (Å²) in [4.78, 5) is 22.6. The van der Waals surface area contributed by atoms with Crippen LogP contribution in [0.15, 0.2) is 47.6 Å². The van der Waals surface area contributed by atoms with Gasteiger partial charge in [0.25, 0.3) is 0 Å². The first-order valence-corrected chi connectivity index (χ1v) is 4.61. The minimum Gasteiger partial charge on any atom is -0.290 e. The van der Waals surface area contributed by atoms with E-state index in [0.717, 1.165) is 18.4 Å². The summed E-state index contributed by atoms with van der Waals surface area (Å²) in [5.41, 5.74) is 1.53. The Labute approximate surface area is 82.3 Å². The van der Waals surface area contributed by atoms with Crippen LogP contribution in [-0.2, 0) is 9.59 Å². The van der Waals surface area contributed by atoms with Gasteiger partial charge in [-0.3, -0.25) is 9.59 Å². The lowest BCUT2D eigenvalue weighted by Crippen LogP contribution is -2.10. The molecule has 0 spiro atoms. The van der Waals surface area contributed by atoms with Gasteiger partial charge in [0.2, 0.25) is 0 Å². The van der Waals surface area contributed by atoms with Crippen molar-refractivity contribution in [3.8, 4) is 0 Å². The van der Waals surface area contributed by atoms with Crippen LogP contribution in [0.3, 0.4) is 0 Å². The molecule has 2 rings (SSSR count). The zero-order valence-electron chi connectivity index (χ0n) is 7.69. The van der Waals surface area contributed by atoms with E-state index in [4.69, 9.17) is 0 Å². The maximum absolute atomic E-state index is 11.5. The maximum atomic E-state index is 11.5. The fraction of sp³-hybridized carbons (Fsp3) is 0.167. The average molecular weight is 186 g/mol. The van der Waals surface area contributed by atoms with E-state index in [-0.39, 0.29) is 11.6 Å².